The fraction of sp³-hybridized carbons (Fsp3) is 0.500. The molecule has 0 aliphatic heterocycles. The molecule has 0 atom stereocenters. The van der Waals surface area contributed by atoms with Gasteiger partial charge in [-0.2, -0.15) is 10.2 Å². The maximum atomic E-state index is 4.46. The van der Waals surface area contributed by atoms with Crippen molar-refractivity contribution in [2.75, 3.05) is 0 Å². The standard InChI is InChI=1S/C12H17BrN4/c1-12(2,3)10-9(11(13)15-17(10)5)8-6-7-16(4)14-8/h6-7H,1-5H3. The highest BCUT2D eigenvalue weighted by Gasteiger charge is 2.27. The Morgan fingerprint density at radius 2 is 1.82 bits per heavy atom. The highest BCUT2D eigenvalue weighted by Crippen LogP contribution is 2.36. The van der Waals surface area contributed by atoms with Crippen molar-refractivity contribution in [1.82, 2.24) is 19.6 Å². The molecular formula is C12H17BrN4. The van der Waals surface area contributed by atoms with Crippen molar-refractivity contribution in [3.05, 3.63) is 22.6 Å². The third kappa shape index (κ3) is 2.16. The van der Waals surface area contributed by atoms with Gasteiger partial charge in [0.2, 0.25) is 0 Å². The predicted octanol–water partition coefficient (Wildman–Crippen LogP) is 2.88. The van der Waals surface area contributed by atoms with E-state index in [2.05, 4.69) is 46.9 Å². The summed E-state index contributed by atoms with van der Waals surface area (Å²) in [5.74, 6) is 0. The number of hydrogen-bond donors (Lipinski definition) is 0. The molecule has 0 fully saturated rings. The number of rotatable bonds is 1. The van der Waals surface area contributed by atoms with E-state index in [9.17, 15) is 0 Å². The number of aryl methyl sites for hydroxylation is 2. The molecular weight excluding hydrogens is 280 g/mol. The molecule has 0 spiro atoms. The highest BCUT2D eigenvalue weighted by molar-refractivity contribution is 9.10. The van der Waals surface area contributed by atoms with Gasteiger partial charge in [-0.05, 0) is 22.0 Å². The monoisotopic (exact) mass is 296 g/mol. The van der Waals surface area contributed by atoms with Crippen molar-refractivity contribution < 1.29 is 0 Å². The molecule has 4 nitrogen and oxygen atoms in total. The molecule has 0 N–H and O–H groups in total. The first kappa shape index (κ1) is 12.4. The minimum absolute atomic E-state index is 0.0284. The predicted molar refractivity (Wildman–Crippen MR) is 71.8 cm³/mol. The number of nitrogens with zero attached hydrogens (tertiary/aromatic N) is 4. The van der Waals surface area contributed by atoms with Crippen molar-refractivity contribution in [1.29, 1.82) is 0 Å². The van der Waals surface area contributed by atoms with Crippen LogP contribution in [0.5, 0.6) is 0 Å². The normalized spacial score (nSPS) is 12.1. The lowest BCUT2D eigenvalue weighted by Gasteiger charge is -2.20. The van der Waals surface area contributed by atoms with Crippen LogP contribution in [0.1, 0.15) is 26.5 Å². The van der Waals surface area contributed by atoms with Crippen LogP contribution in [-0.2, 0) is 19.5 Å². The summed E-state index contributed by atoms with van der Waals surface area (Å²) in [5.41, 5.74) is 3.25. The van der Waals surface area contributed by atoms with Crippen molar-refractivity contribution in [2.45, 2.75) is 26.2 Å². The average molecular weight is 297 g/mol. The lowest BCUT2D eigenvalue weighted by molar-refractivity contribution is 0.524. The van der Waals surface area contributed by atoms with E-state index in [1.54, 1.807) is 4.68 Å². The van der Waals surface area contributed by atoms with Gasteiger partial charge < -0.3 is 0 Å². The largest absolute Gasteiger partial charge is 0.275 e. The summed E-state index contributed by atoms with van der Waals surface area (Å²) in [7, 11) is 3.89. The quantitative estimate of drug-likeness (QED) is 0.811. The van der Waals surface area contributed by atoms with Crippen molar-refractivity contribution in [3.63, 3.8) is 0 Å². The van der Waals surface area contributed by atoms with Crippen LogP contribution in [-0.4, -0.2) is 19.6 Å². The Hall–Kier alpha value is -1.10. The van der Waals surface area contributed by atoms with Gasteiger partial charge in [0.05, 0.1) is 17.0 Å². The van der Waals surface area contributed by atoms with E-state index in [0.29, 0.717) is 0 Å². The number of hydrogen-bond acceptors (Lipinski definition) is 2. The van der Waals surface area contributed by atoms with Crippen LogP contribution in [0, 0.1) is 0 Å². The summed E-state index contributed by atoms with van der Waals surface area (Å²) >= 11 is 3.53. The van der Waals surface area contributed by atoms with Gasteiger partial charge in [0.15, 0.2) is 0 Å². The Kier molecular flexibility index (Phi) is 2.89. The molecule has 0 radical (unpaired) electrons. The maximum absolute atomic E-state index is 4.46. The van der Waals surface area contributed by atoms with Crippen molar-refractivity contribution in [3.8, 4) is 11.3 Å². The van der Waals surface area contributed by atoms with E-state index in [1.807, 2.05) is 31.0 Å². The summed E-state index contributed by atoms with van der Waals surface area (Å²) in [5, 5.41) is 8.91. The molecule has 2 aromatic heterocycles. The lowest BCUT2D eigenvalue weighted by atomic mass is 9.88. The molecule has 0 amide bonds. The van der Waals surface area contributed by atoms with Crippen LogP contribution in [0.25, 0.3) is 11.3 Å². The molecule has 0 unspecified atom stereocenters. The van der Waals surface area contributed by atoms with Gasteiger partial charge in [-0.25, -0.2) is 0 Å². The third-order valence-corrected chi connectivity index (χ3v) is 3.24. The van der Waals surface area contributed by atoms with Gasteiger partial charge in [0, 0.05) is 25.7 Å². The zero-order valence-electron chi connectivity index (χ0n) is 10.8. The van der Waals surface area contributed by atoms with E-state index in [-0.39, 0.29) is 5.41 Å². The van der Waals surface area contributed by atoms with Gasteiger partial charge in [-0.1, -0.05) is 20.8 Å². The Labute approximate surface area is 110 Å². The first-order chi connectivity index (χ1) is 7.80. The minimum Gasteiger partial charge on any atom is -0.275 e. The zero-order chi connectivity index (χ0) is 12.8. The second kappa shape index (κ2) is 3.98. The second-order valence-electron chi connectivity index (χ2n) is 5.26. The van der Waals surface area contributed by atoms with Crippen LogP contribution >= 0.6 is 15.9 Å². The molecule has 0 saturated carbocycles. The minimum atomic E-state index is 0.0284. The average Bonchev–Trinajstić information content (AvgIpc) is 2.68. The van der Waals surface area contributed by atoms with E-state index in [4.69, 9.17) is 0 Å². The van der Waals surface area contributed by atoms with E-state index < -0.39 is 0 Å². The van der Waals surface area contributed by atoms with Gasteiger partial charge in [-0.15, -0.1) is 0 Å². The van der Waals surface area contributed by atoms with Crippen LogP contribution in [0.3, 0.4) is 0 Å². The van der Waals surface area contributed by atoms with Crippen molar-refractivity contribution in [2.24, 2.45) is 14.1 Å². The second-order valence-corrected chi connectivity index (χ2v) is 6.01. The Bertz CT molecular complexity index is 545. The maximum Gasteiger partial charge on any atom is 0.137 e. The summed E-state index contributed by atoms with van der Waals surface area (Å²) in [6.07, 6.45) is 1.95. The lowest BCUT2D eigenvalue weighted by Crippen LogP contribution is -2.17. The van der Waals surface area contributed by atoms with E-state index >= 15 is 0 Å². The van der Waals surface area contributed by atoms with Crippen molar-refractivity contribution >= 4 is 15.9 Å². The van der Waals surface area contributed by atoms with Gasteiger partial charge in [0.25, 0.3) is 0 Å². The Morgan fingerprint density at radius 1 is 1.18 bits per heavy atom. The molecule has 2 aromatic rings. The first-order valence-electron chi connectivity index (χ1n) is 5.53. The zero-order valence-corrected chi connectivity index (χ0v) is 12.4. The van der Waals surface area contributed by atoms with Crippen LogP contribution in [0.15, 0.2) is 16.9 Å². The number of halogens is 1. The summed E-state index contributed by atoms with van der Waals surface area (Å²) in [4.78, 5) is 0. The van der Waals surface area contributed by atoms with E-state index in [0.717, 1.165) is 15.9 Å². The van der Waals surface area contributed by atoms with E-state index in [1.165, 1.54) is 5.69 Å². The summed E-state index contributed by atoms with van der Waals surface area (Å²) in [6.45, 7) is 6.55. The molecule has 0 bridgehead atoms. The Balaban J connectivity index is 2.69. The van der Waals surface area contributed by atoms with Crippen LogP contribution in [0.2, 0.25) is 0 Å². The molecule has 2 rings (SSSR count). The van der Waals surface area contributed by atoms with Gasteiger partial charge in [-0.3, -0.25) is 9.36 Å². The van der Waals surface area contributed by atoms with Crippen LogP contribution in [0.4, 0.5) is 0 Å². The molecule has 0 aliphatic carbocycles. The summed E-state index contributed by atoms with van der Waals surface area (Å²) in [6, 6.07) is 2.01. The smallest absolute Gasteiger partial charge is 0.137 e. The molecule has 17 heavy (non-hydrogen) atoms. The fourth-order valence-electron chi connectivity index (χ4n) is 2.13. The SMILES string of the molecule is Cn1ccc(-c2c(Br)nn(C)c2C(C)(C)C)n1. The first-order valence-corrected chi connectivity index (χ1v) is 6.33. The van der Waals surface area contributed by atoms with Crippen LogP contribution < -0.4 is 0 Å². The number of aromatic nitrogens is 4. The highest BCUT2D eigenvalue weighted by atomic mass is 79.9. The third-order valence-electron chi connectivity index (χ3n) is 2.68. The summed E-state index contributed by atoms with van der Waals surface area (Å²) < 4.78 is 4.58. The molecule has 0 aliphatic rings. The van der Waals surface area contributed by atoms with Gasteiger partial charge >= 0.3 is 0 Å². The van der Waals surface area contributed by atoms with Gasteiger partial charge in [0.1, 0.15) is 4.60 Å². The fourth-order valence-corrected chi connectivity index (χ4v) is 2.76. The molecule has 2 heterocycles. The Morgan fingerprint density at radius 3 is 2.29 bits per heavy atom. The topological polar surface area (TPSA) is 35.6 Å². The molecule has 0 aromatic carbocycles. The molecule has 0 saturated heterocycles. The molecule has 5 heteroatoms. The molecule has 92 valence electrons.